The predicted octanol–water partition coefficient (Wildman–Crippen LogP) is 0.633. The quantitative estimate of drug-likeness (QED) is 0.829. The lowest BCUT2D eigenvalue weighted by Gasteiger charge is -2.02. The van der Waals surface area contributed by atoms with Crippen LogP contribution in [0.25, 0.3) is 0 Å². The molecule has 7 nitrogen and oxygen atoms in total. The maximum Gasteiger partial charge on any atom is 0.282 e. The Labute approximate surface area is 108 Å². The summed E-state index contributed by atoms with van der Waals surface area (Å²) in [5.74, 6) is -0.224. The minimum Gasteiger partial charge on any atom is -0.360 e. The van der Waals surface area contributed by atoms with E-state index in [1.807, 2.05) is 20.0 Å². The van der Waals surface area contributed by atoms with Crippen molar-refractivity contribution in [1.29, 1.82) is 0 Å². The third-order valence-corrected chi connectivity index (χ3v) is 3.18. The van der Waals surface area contributed by atoms with E-state index in [0.29, 0.717) is 16.7 Å². The van der Waals surface area contributed by atoms with Crippen molar-refractivity contribution in [3.63, 3.8) is 0 Å². The molecule has 0 aromatic carbocycles. The molecule has 0 radical (unpaired) electrons. The molecule has 2 heterocycles. The van der Waals surface area contributed by atoms with Gasteiger partial charge in [0.15, 0.2) is 0 Å². The van der Waals surface area contributed by atoms with Crippen LogP contribution in [0.5, 0.6) is 0 Å². The number of nitrogens with zero attached hydrogens (tertiary/aromatic N) is 4. The zero-order chi connectivity index (χ0) is 13.0. The molecule has 1 amide bonds. The molecule has 0 bridgehead atoms. The van der Waals surface area contributed by atoms with Crippen LogP contribution in [0.15, 0.2) is 12.3 Å². The van der Waals surface area contributed by atoms with Crippen molar-refractivity contribution in [2.24, 2.45) is 7.05 Å². The Morgan fingerprint density at radius 2 is 2.33 bits per heavy atom. The summed E-state index contributed by atoms with van der Waals surface area (Å²) in [5.41, 5.74) is 0.930. The molecule has 0 unspecified atom stereocenters. The van der Waals surface area contributed by atoms with Crippen LogP contribution in [0.2, 0.25) is 0 Å². The number of hydrogen-bond acceptors (Lipinski definition) is 6. The molecule has 2 aromatic heterocycles. The molecule has 0 saturated heterocycles. The molecular formula is C10H14N6OS. The fourth-order valence-electron chi connectivity index (χ4n) is 1.36. The van der Waals surface area contributed by atoms with Crippen LogP contribution in [0, 0.1) is 0 Å². The summed E-state index contributed by atoms with van der Waals surface area (Å²) in [4.78, 5) is 11.8. The molecule has 2 rings (SSSR count). The van der Waals surface area contributed by atoms with E-state index >= 15 is 0 Å². The minimum atomic E-state index is -0.224. The molecule has 0 aliphatic carbocycles. The number of aromatic nitrogens is 4. The van der Waals surface area contributed by atoms with Crippen LogP contribution in [0.1, 0.15) is 22.4 Å². The second-order valence-electron chi connectivity index (χ2n) is 3.57. The molecule has 0 atom stereocenters. The summed E-state index contributed by atoms with van der Waals surface area (Å²) in [6, 6.07) is 1.85. The van der Waals surface area contributed by atoms with Gasteiger partial charge in [-0.05, 0) is 13.0 Å². The normalized spacial score (nSPS) is 10.3. The van der Waals surface area contributed by atoms with Gasteiger partial charge in [-0.15, -0.1) is 10.2 Å². The van der Waals surface area contributed by atoms with Crippen molar-refractivity contribution in [1.82, 2.24) is 25.3 Å². The highest BCUT2D eigenvalue weighted by atomic mass is 32.1. The lowest BCUT2D eigenvalue weighted by atomic mass is 10.4. The number of nitrogens with one attached hydrogen (secondary N) is 2. The average Bonchev–Trinajstić information content (AvgIpc) is 2.96. The van der Waals surface area contributed by atoms with Crippen LogP contribution in [0.4, 0.5) is 5.13 Å². The van der Waals surface area contributed by atoms with Crippen molar-refractivity contribution in [2.45, 2.75) is 13.5 Å². The lowest BCUT2D eigenvalue weighted by molar-refractivity contribution is 0.0949. The van der Waals surface area contributed by atoms with Gasteiger partial charge in [-0.3, -0.25) is 9.48 Å². The molecule has 0 fully saturated rings. The summed E-state index contributed by atoms with van der Waals surface area (Å²) in [5, 5.41) is 18.5. The third-order valence-electron chi connectivity index (χ3n) is 2.30. The Balaban J connectivity index is 1.93. The number of aryl methyl sites for hydroxylation is 1. The summed E-state index contributed by atoms with van der Waals surface area (Å²) < 4.78 is 1.71. The second kappa shape index (κ2) is 5.58. The van der Waals surface area contributed by atoms with Gasteiger partial charge < -0.3 is 10.6 Å². The fraction of sp³-hybridized carbons (Fsp3) is 0.400. The zero-order valence-electron chi connectivity index (χ0n) is 10.2. The van der Waals surface area contributed by atoms with Gasteiger partial charge in [0.2, 0.25) is 10.1 Å². The van der Waals surface area contributed by atoms with Crippen LogP contribution in [-0.4, -0.2) is 32.4 Å². The first-order valence-corrected chi connectivity index (χ1v) is 6.34. The standard InChI is InChI=1S/C10H14N6OS/c1-3-11-10-15-14-9(18-10)8(17)12-6-7-4-5-13-16(7)2/h4-5H,3,6H2,1-2H3,(H,11,15)(H,12,17). The van der Waals surface area contributed by atoms with Gasteiger partial charge in [0, 0.05) is 19.8 Å². The van der Waals surface area contributed by atoms with Gasteiger partial charge in [-0.2, -0.15) is 5.10 Å². The van der Waals surface area contributed by atoms with Crippen molar-refractivity contribution >= 4 is 22.4 Å². The summed E-state index contributed by atoms with van der Waals surface area (Å²) >= 11 is 1.24. The smallest absolute Gasteiger partial charge is 0.282 e. The Morgan fingerprint density at radius 3 is 3.00 bits per heavy atom. The van der Waals surface area contributed by atoms with E-state index in [2.05, 4.69) is 25.9 Å². The first kappa shape index (κ1) is 12.5. The Bertz CT molecular complexity index is 534. The largest absolute Gasteiger partial charge is 0.360 e. The van der Waals surface area contributed by atoms with E-state index < -0.39 is 0 Å². The highest BCUT2D eigenvalue weighted by Crippen LogP contribution is 2.14. The summed E-state index contributed by atoms with van der Waals surface area (Å²) in [6.45, 7) is 3.14. The molecule has 0 saturated carbocycles. The number of hydrogen-bond donors (Lipinski definition) is 2. The summed E-state index contributed by atoms with van der Waals surface area (Å²) in [6.07, 6.45) is 1.69. The van der Waals surface area contributed by atoms with E-state index in [0.717, 1.165) is 12.2 Å². The van der Waals surface area contributed by atoms with Crippen molar-refractivity contribution < 1.29 is 4.79 Å². The van der Waals surface area contributed by atoms with Gasteiger partial charge in [-0.1, -0.05) is 11.3 Å². The predicted molar refractivity (Wildman–Crippen MR) is 68.5 cm³/mol. The maximum atomic E-state index is 11.8. The third kappa shape index (κ3) is 2.83. The van der Waals surface area contributed by atoms with E-state index in [-0.39, 0.29) is 5.91 Å². The first-order valence-electron chi connectivity index (χ1n) is 5.53. The monoisotopic (exact) mass is 266 g/mol. The molecule has 96 valence electrons. The summed E-state index contributed by atoms with van der Waals surface area (Å²) in [7, 11) is 1.83. The Hall–Kier alpha value is -1.96. The first-order chi connectivity index (χ1) is 8.70. The van der Waals surface area contributed by atoms with Crippen molar-refractivity contribution in [2.75, 3.05) is 11.9 Å². The second-order valence-corrected chi connectivity index (χ2v) is 4.55. The highest BCUT2D eigenvalue weighted by molar-refractivity contribution is 7.17. The fourth-order valence-corrected chi connectivity index (χ4v) is 2.09. The van der Waals surface area contributed by atoms with Crippen LogP contribution >= 0.6 is 11.3 Å². The SMILES string of the molecule is CCNc1nnc(C(=O)NCc2ccnn2C)s1. The molecule has 18 heavy (non-hydrogen) atoms. The molecule has 0 aliphatic heterocycles. The van der Waals surface area contributed by atoms with Gasteiger partial charge in [0.1, 0.15) is 0 Å². The topological polar surface area (TPSA) is 84.7 Å². The van der Waals surface area contributed by atoms with Gasteiger partial charge >= 0.3 is 0 Å². The number of carbonyl (C=O) groups excluding carboxylic acids is 1. The molecule has 2 aromatic rings. The molecule has 0 spiro atoms. The van der Waals surface area contributed by atoms with E-state index in [1.165, 1.54) is 11.3 Å². The van der Waals surface area contributed by atoms with Gasteiger partial charge in [0.25, 0.3) is 5.91 Å². The molecule has 8 heteroatoms. The average molecular weight is 266 g/mol. The Kier molecular flexibility index (Phi) is 3.88. The van der Waals surface area contributed by atoms with E-state index in [9.17, 15) is 4.79 Å². The van der Waals surface area contributed by atoms with Crippen molar-refractivity contribution in [3.8, 4) is 0 Å². The van der Waals surface area contributed by atoms with Gasteiger partial charge in [-0.25, -0.2) is 0 Å². The van der Waals surface area contributed by atoms with Crippen LogP contribution in [0.3, 0.4) is 0 Å². The highest BCUT2D eigenvalue weighted by Gasteiger charge is 2.12. The minimum absolute atomic E-state index is 0.224. The molecular weight excluding hydrogens is 252 g/mol. The maximum absolute atomic E-state index is 11.8. The lowest BCUT2D eigenvalue weighted by Crippen LogP contribution is -2.23. The number of amides is 1. The molecule has 0 aliphatic rings. The zero-order valence-corrected chi connectivity index (χ0v) is 11.0. The number of carbonyl (C=O) groups is 1. The Morgan fingerprint density at radius 1 is 1.50 bits per heavy atom. The molecule has 2 N–H and O–H groups in total. The van der Waals surface area contributed by atoms with E-state index in [1.54, 1.807) is 10.9 Å². The van der Waals surface area contributed by atoms with Gasteiger partial charge in [0.05, 0.1) is 12.2 Å². The van der Waals surface area contributed by atoms with E-state index in [4.69, 9.17) is 0 Å². The number of anilines is 1. The van der Waals surface area contributed by atoms with Crippen LogP contribution < -0.4 is 10.6 Å². The van der Waals surface area contributed by atoms with Crippen molar-refractivity contribution in [3.05, 3.63) is 23.0 Å². The number of rotatable bonds is 5. The van der Waals surface area contributed by atoms with Crippen LogP contribution in [-0.2, 0) is 13.6 Å².